The molecule has 0 aliphatic carbocycles. The molecule has 0 bridgehead atoms. The van der Waals surface area contributed by atoms with Gasteiger partial charge in [-0.3, -0.25) is 0 Å². The molecule has 0 aliphatic rings. The summed E-state index contributed by atoms with van der Waals surface area (Å²) in [5.41, 5.74) is 8.48. The van der Waals surface area contributed by atoms with E-state index in [0.29, 0.717) is 11.5 Å². The third-order valence-corrected chi connectivity index (χ3v) is 3.15. The third kappa shape index (κ3) is 3.15. The van der Waals surface area contributed by atoms with Crippen LogP contribution in [0.5, 0.6) is 0 Å². The standard InChI is InChI=1S/C14H17ClN4/c1-14(2,3)9-4-6-10(7-5-9)19-13-11(16)12(15)17-8-18-13/h4-8H,16H2,1-3H3,(H,17,18,19). The average molecular weight is 277 g/mol. The molecule has 100 valence electrons. The van der Waals surface area contributed by atoms with Gasteiger partial charge >= 0.3 is 0 Å². The maximum atomic E-state index is 5.85. The number of aromatic nitrogens is 2. The monoisotopic (exact) mass is 276 g/mol. The zero-order chi connectivity index (χ0) is 14.0. The lowest BCUT2D eigenvalue weighted by molar-refractivity contribution is 0.590. The topological polar surface area (TPSA) is 63.8 Å². The summed E-state index contributed by atoms with van der Waals surface area (Å²) >= 11 is 5.85. The van der Waals surface area contributed by atoms with Crippen molar-refractivity contribution in [1.82, 2.24) is 9.97 Å². The average Bonchev–Trinajstić information content (AvgIpc) is 2.35. The Kier molecular flexibility index (Phi) is 3.62. The number of benzene rings is 1. The number of nitrogens with zero attached hydrogens (tertiary/aromatic N) is 2. The van der Waals surface area contributed by atoms with Crippen molar-refractivity contribution in [3.63, 3.8) is 0 Å². The second-order valence-electron chi connectivity index (χ2n) is 5.38. The Morgan fingerprint density at radius 2 is 1.74 bits per heavy atom. The maximum absolute atomic E-state index is 5.85. The van der Waals surface area contributed by atoms with Gasteiger partial charge in [0.2, 0.25) is 0 Å². The van der Waals surface area contributed by atoms with Crippen LogP contribution in [-0.4, -0.2) is 9.97 Å². The Labute approximate surface area is 118 Å². The number of hydrogen-bond acceptors (Lipinski definition) is 4. The Morgan fingerprint density at radius 1 is 1.11 bits per heavy atom. The number of rotatable bonds is 2. The lowest BCUT2D eigenvalue weighted by atomic mass is 9.87. The highest BCUT2D eigenvalue weighted by atomic mass is 35.5. The number of anilines is 3. The number of nitrogens with two attached hydrogens (primary N) is 1. The van der Waals surface area contributed by atoms with Crippen molar-refractivity contribution in [3.8, 4) is 0 Å². The van der Waals surface area contributed by atoms with E-state index in [1.165, 1.54) is 11.9 Å². The summed E-state index contributed by atoms with van der Waals surface area (Å²) in [7, 11) is 0. The first kappa shape index (κ1) is 13.6. The highest BCUT2D eigenvalue weighted by Gasteiger charge is 2.13. The largest absolute Gasteiger partial charge is 0.393 e. The van der Waals surface area contributed by atoms with Crippen molar-refractivity contribution in [1.29, 1.82) is 0 Å². The maximum Gasteiger partial charge on any atom is 0.158 e. The SMILES string of the molecule is CC(C)(C)c1ccc(Nc2ncnc(Cl)c2N)cc1. The van der Waals surface area contributed by atoms with E-state index < -0.39 is 0 Å². The van der Waals surface area contributed by atoms with Crippen molar-refractivity contribution in [2.24, 2.45) is 0 Å². The first-order valence-electron chi connectivity index (χ1n) is 6.01. The van der Waals surface area contributed by atoms with Crippen LogP contribution < -0.4 is 11.1 Å². The fourth-order valence-corrected chi connectivity index (χ4v) is 1.80. The summed E-state index contributed by atoms with van der Waals surface area (Å²) in [6.45, 7) is 6.53. The highest BCUT2D eigenvalue weighted by Crippen LogP contribution is 2.27. The van der Waals surface area contributed by atoms with Crippen LogP contribution >= 0.6 is 11.6 Å². The molecular weight excluding hydrogens is 260 g/mol. The van der Waals surface area contributed by atoms with E-state index in [1.54, 1.807) is 0 Å². The van der Waals surface area contributed by atoms with Crippen LogP contribution in [-0.2, 0) is 5.41 Å². The predicted molar refractivity (Wildman–Crippen MR) is 79.9 cm³/mol. The van der Waals surface area contributed by atoms with E-state index in [4.69, 9.17) is 17.3 Å². The molecule has 0 saturated heterocycles. The summed E-state index contributed by atoms with van der Waals surface area (Å²) in [4.78, 5) is 7.89. The number of hydrogen-bond donors (Lipinski definition) is 2. The quantitative estimate of drug-likeness (QED) is 0.820. The van der Waals surface area contributed by atoms with Crippen molar-refractivity contribution in [2.45, 2.75) is 26.2 Å². The molecule has 3 N–H and O–H groups in total. The molecule has 0 aliphatic heterocycles. The third-order valence-electron chi connectivity index (χ3n) is 2.85. The molecular formula is C14H17ClN4. The molecule has 1 heterocycles. The molecule has 0 unspecified atom stereocenters. The van der Waals surface area contributed by atoms with Gasteiger partial charge in [0.15, 0.2) is 11.0 Å². The van der Waals surface area contributed by atoms with E-state index in [-0.39, 0.29) is 10.6 Å². The summed E-state index contributed by atoms with van der Waals surface area (Å²) in [5.74, 6) is 0.517. The van der Waals surface area contributed by atoms with Gasteiger partial charge in [-0.05, 0) is 23.1 Å². The van der Waals surface area contributed by atoms with Crippen LogP contribution in [0, 0.1) is 0 Å². The number of nitrogens with one attached hydrogen (secondary N) is 1. The fraction of sp³-hybridized carbons (Fsp3) is 0.286. The van der Waals surface area contributed by atoms with Gasteiger partial charge in [-0.2, -0.15) is 0 Å². The second kappa shape index (κ2) is 5.05. The molecule has 0 atom stereocenters. The van der Waals surface area contributed by atoms with Crippen LogP contribution in [0.2, 0.25) is 5.15 Å². The fourth-order valence-electron chi connectivity index (χ4n) is 1.66. The van der Waals surface area contributed by atoms with Gasteiger partial charge in [0.25, 0.3) is 0 Å². The van der Waals surface area contributed by atoms with Crippen LogP contribution in [0.3, 0.4) is 0 Å². The molecule has 2 aromatic rings. The summed E-state index contributed by atoms with van der Waals surface area (Å²) < 4.78 is 0. The van der Waals surface area contributed by atoms with E-state index in [1.807, 2.05) is 12.1 Å². The Bertz CT molecular complexity index is 573. The van der Waals surface area contributed by atoms with Gasteiger partial charge in [0.05, 0.1) is 0 Å². The molecule has 4 nitrogen and oxygen atoms in total. The Morgan fingerprint density at radius 3 is 2.32 bits per heavy atom. The van der Waals surface area contributed by atoms with E-state index in [9.17, 15) is 0 Å². The van der Waals surface area contributed by atoms with Crippen molar-refractivity contribution in [3.05, 3.63) is 41.3 Å². The molecule has 1 aromatic heterocycles. The zero-order valence-corrected chi connectivity index (χ0v) is 12.0. The molecule has 5 heteroatoms. The molecule has 1 aromatic carbocycles. The van der Waals surface area contributed by atoms with Crippen LogP contribution in [0.1, 0.15) is 26.3 Å². The minimum absolute atomic E-state index is 0.135. The number of nitrogen functional groups attached to an aromatic ring is 1. The Hall–Kier alpha value is -1.81. The number of halogens is 1. The first-order chi connectivity index (χ1) is 8.88. The van der Waals surface area contributed by atoms with Gasteiger partial charge in [-0.15, -0.1) is 0 Å². The zero-order valence-electron chi connectivity index (χ0n) is 11.2. The smallest absolute Gasteiger partial charge is 0.158 e. The molecule has 2 rings (SSSR count). The van der Waals surface area contributed by atoms with Gasteiger partial charge in [0, 0.05) is 5.69 Å². The van der Waals surface area contributed by atoms with Crippen LogP contribution in [0.4, 0.5) is 17.2 Å². The van der Waals surface area contributed by atoms with Crippen LogP contribution in [0.15, 0.2) is 30.6 Å². The molecule has 0 radical (unpaired) electrons. The van der Waals surface area contributed by atoms with Gasteiger partial charge in [0.1, 0.15) is 12.0 Å². The molecule has 0 amide bonds. The van der Waals surface area contributed by atoms with E-state index >= 15 is 0 Å². The molecule has 0 fully saturated rings. The minimum atomic E-state index is 0.135. The normalized spacial score (nSPS) is 11.4. The van der Waals surface area contributed by atoms with Crippen LogP contribution in [0.25, 0.3) is 0 Å². The predicted octanol–water partition coefficient (Wildman–Crippen LogP) is 3.75. The second-order valence-corrected chi connectivity index (χ2v) is 5.74. The van der Waals surface area contributed by atoms with Gasteiger partial charge < -0.3 is 11.1 Å². The summed E-state index contributed by atoms with van der Waals surface area (Å²) in [6.07, 6.45) is 1.38. The molecule has 0 saturated carbocycles. The summed E-state index contributed by atoms with van der Waals surface area (Å²) in [5, 5.41) is 3.38. The van der Waals surface area contributed by atoms with E-state index in [0.717, 1.165) is 5.69 Å². The minimum Gasteiger partial charge on any atom is -0.393 e. The summed E-state index contributed by atoms with van der Waals surface area (Å²) in [6, 6.07) is 8.16. The van der Waals surface area contributed by atoms with Crippen molar-refractivity contribution >= 4 is 28.8 Å². The van der Waals surface area contributed by atoms with Gasteiger partial charge in [-0.1, -0.05) is 44.5 Å². The van der Waals surface area contributed by atoms with Gasteiger partial charge in [-0.25, -0.2) is 9.97 Å². The van der Waals surface area contributed by atoms with Crippen molar-refractivity contribution < 1.29 is 0 Å². The molecule has 0 spiro atoms. The molecule has 19 heavy (non-hydrogen) atoms. The van der Waals surface area contributed by atoms with Crippen molar-refractivity contribution in [2.75, 3.05) is 11.1 Å². The first-order valence-corrected chi connectivity index (χ1v) is 6.39. The van der Waals surface area contributed by atoms with E-state index in [2.05, 4.69) is 48.2 Å². The highest BCUT2D eigenvalue weighted by molar-refractivity contribution is 6.32. The lowest BCUT2D eigenvalue weighted by Crippen LogP contribution is -2.10. The Balaban J connectivity index is 2.23. The lowest BCUT2D eigenvalue weighted by Gasteiger charge is -2.19.